The highest BCUT2D eigenvalue weighted by Crippen LogP contribution is 2.37. The van der Waals surface area contributed by atoms with Gasteiger partial charge in [0.25, 0.3) is 0 Å². The maximum absolute atomic E-state index is 11.0. The van der Waals surface area contributed by atoms with Crippen LogP contribution in [0.15, 0.2) is 12.3 Å². The van der Waals surface area contributed by atoms with E-state index in [1.54, 1.807) is 0 Å². The Hall–Kier alpha value is -1.65. The Bertz CT molecular complexity index is 396. The third kappa shape index (κ3) is 1.85. The molecule has 1 aliphatic carbocycles. The molecule has 1 aliphatic rings. The van der Waals surface area contributed by atoms with Crippen molar-refractivity contribution in [3.8, 4) is 0 Å². The SMILES string of the molecule is CCC1(Nc2nnccc2C(=O)O)CCC1. The molecule has 1 aromatic rings. The van der Waals surface area contributed by atoms with E-state index in [4.69, 9.17) is 5.11 Å². The van der Waals surface area contributed by atoms with Gasteiger partial charge < -0.3 is 10.4 Å². The Balaban J connectivity index is 2.23. The summed E-state index contributed by atoms with van der Waals surface area (Å²) < 4.78 is 0. The van der Waals surface area contributed by atoms with Crippen molar-refractivity contribution in [2.45, 2.75) is 38.1 Å². The van der Waals surface area contributed by atoms with Crippen LogP contribution in [0.25, 0.3) is 0 Å². The molecule has 86 valence electrons. The van der Waals surface area contributed by atoms with Gasteiger partial charge in [-0.25, -0.2) is 4.79 Å². The first-order valence-electron chi connectivity index (χ1n) is 5.50. The summed E-state index contributed by atoms with van der Waals surface area (Å²) in [5.74, 6) is -0.584. The lowest BCUT2D eigenvalue weighted by Gasteiger charge is -2.42. The molecular formula is C11H15N3O2. The first-order chi connectivity index (χ1) is 7.67. The highest BCUT2D eigenvalue weighted by Gasteiger charge is 2.36. The first-order valence-corrected chi connectivity index (χ1v) is 5.50. The lowest BCUT2D eigenvalue weighted by Crippen LogP contribution is -2.45. The lowest BCUT2D eigenvalue weighted by atomic mass is 9.75. The van der Waals surface area contributed by atoms with Gasteiger partial charge in [0.15, 0.2) is 5.82 Å². The third-order valence-electron chi connectivity index (χ3n) is 3.32. The first kappa shape index (κ1) is 10.9. The second-order valence-corrected chi connectivity index (χ2v) is 4.21. The van der Waals surface area contributed by atoms with Crippen LogP contribution in [0.5, 0.6) is 0 Å². The van der Waals surface area contributed by atoms with E-state index in [9.17, 15) is 4.79 Å². The lowest BCUT2D eigenvalue weighted by molar-refractivity contribution is 0.0697. The van der Waals surface area contributed by atoms with E-state index in [1.165, 1.54) is 18.7 Å². The van der Waals surface area contributed by atoms with Crippen LogP contribution in [0.4, 0.5) is 5.82 Å². The van der Waals surface area contributed by atoms with Gasteiger partial charge in [0, 0.05) is 5.54 Å². The molecule has 5 heteroatoms. The highest BCUT2D eigenvalue weighted by molar-refractivity contribution is 5.92. The van der Waals surface area contributed by atoms with Crippen molar-refractivity contribution in [1.82, 2.24) is 10.2 Å². The maximum atomic E-state index is 11.0. The summed E-state index contributed by atoms with van der Waals surface area (Å²) in [6, 6.07) is 1.47. The van der Waals surface area contributed by atoms with E-state index in [0.717, 1.165) is 19.3 Å². The molecule has 0 atom stereocenters. The van der Waals surface area contributed by atoms with Gasteiger partial charge in [0.05, 0.1) is 6.20 Å². The molecule has 1 fully saturated rings. The zero-order chi connectivity index (χ0) is 11.6. The molecule has 0 aliphatic heterocycles. The van der Waals surface area contributed by atoms with E-state index >= 15 is 0 Å². The Morgan fingerprint density at radius 2 is 2.38 bits per heavy atom. The van der Waals surface area contributed by atoms with Crippen LogP contribution >= 0.6 is 0 Å². The number of hydrogen-bond donors (Lipinski definition) is 2. The molecule has 0 aromatic carbocycles. The standard InChI is InChI=1S/C11H15N3O2/c1-2-11(5-3-6-11)13-9-8(10(15)16)4-7-12-14-9/h4,7H,2-3,5-6H2,1H3,(H,13,14)(H,15,16). The number of aromatic carboxylic acids is 1. The van der Waals surface area contributed by atoms with Crippen LogP contribution in [-0.2, 0) is 0 Å². The van der Waals surface area contributed by atoms with Crippen LogP contribution in [0, 0.1) is 0 Å². The zero-order valence-corrected chi connectivity index (χ0v) is 9.23. The molecule has 0 radical (unpaired) electrons. The smallest absolute Gasteiger partial charge is 0.339 e. The van der Waals surface area contributed by atoms with Gasteiger partial charge in [-0.05, 0) is 31.7 Å². The second kappa shape index (κ2) is 4.08. The summed E-state index contributed by atoms with van der Waals surface area (Å²) in [7, 11) is 0. The highest BCUT2D eigenvalue weighted by atomic mass is 16.4. The molecule has 2 N–H and O–H groups in total. The van der Waals surface area contributed by atoms with Crippen molar-refractivity contribution in [2.75, 3.05) is 5.32 Å². The number of nitrogens with one attached hydrogen (secondary N) is 1. The number of carbonyl (C=O) groups is 1. The zero-order valence-electron chi connectivity index (χ0n) is 9.23. The van der Waals surface area contributed by atoms with Crippen molar-refractivity contribution in [2.24, 2.45) is 0 Å². The molecule has 1 heterocycles. The van der Waals surface area contributed by atoms with Crippen LogP contribution in [0.3, 0.4) is 0 Å². The summed E-state index contributed by atoms with van der Waals surface area (Å²) in [6.45, 7) is 2.10. The summed E-state index contributed by atoms with van der Waals surface area (Å²) in [5.41, 5.74) is 0.218. The molecule has 1 saturated carbocycles. The van der Waals surface area contributed by atoms with Crippen molar-refractivity contribution in [3.63, 3.8) is 0 Å². The largest absolute Gasteiger partial charge is 0.478 e. The molecular weight excluding hydrogens is 206 g/mol. The van der Waals surface area contributed by atoms with Gasteiger partial charge >= 0.3 is 5.97 Å². The second-order valence-electron chi connectivity index (χ2n) is 4.21. The van der Waals surface area contributed by atoms with Gasteiger partial charge in [-0.1, -0.05) is 6.92 Å². The molecule has 1 aromatic heterocycles. The van der Waals surface area contributed by atoms with E-state index in [0.29, 0.717) is 5.82 Å². The molecule has 0 saturated heterocycles. The molecule has 16 heavy (non-hydrogen) atoms. The summed E-state index contributed by atoms with van der Waals surface area (Å²) in [6.07, 6.45) is 5.69. The number of hydrogen-bond acceptors (Lipinski definition) is 4. The molecule has 0 unspecified atom stereocenters. The number of nitrogens with zero attached hydrogens (tertiary/aromatic N) is 2. The summed E-state index contributed by atoms with van der Waals surface area (Å²) >= 11 is 0. The Morgan fingerprint density at radius 3 is 2.88 bits per heavy atom. The van der Waals surface area contributed by atoms with Crippen molar-refractivity contribution in [1.29, 1.82) is 0 Å². The van der Waals surface area contributed by atoms with Crippen LogP contribution in [-0.4, -0.2) is 26.8 Å². The average Bonchev–Trinajstić information content (AvgIpc) is 2.24. The topological polar surface area (TPSA) is 75.1 Å². The molecule has 2 rings (SSSR count). The number of carboxylic acid groups (broad SMARTS) is 1. The number of rotatable bonds is 4. The normalized spacial score (nSPS) is 17.6. The van der Waals surface area contributed by atoms with E-state index in [2.05, 4.69) is 22.4 Å². The van der Waals surface area contributed by atoms with Crippen LogP contribution in [0.2, 0.25) is 0 Å². The fraction of sp³-hybridized carbons (Fsp3) is 0.545. The van der Waals surface area contributed by atoms with Gasteiger partial charge in [-0.2, -0.15) is 5.10 Å². The fourth-order valence-electron chi connectivity index (χ4n) is 2.02. The van der Waals surface area contributed by atoms with E-state index in [1.807, 2.05) is 0 Å². The van der Waals surface area contributed by atoms with Crippen molar-refractivity contribution >= 4 is 11.8 Å². The Labute approximate surface area is 93.9 Å². The van der Waals surface area contributed by atoms with E-state index in [-0.39, 0.29) is 11.1 Å². The van der Waals surface area contributed by atoms with Gasteiger partial charge in [0.1, 0.15) is 5.56 Å². The molecule has 0 bridgehead atoms. The maximum Gasteiger partial charge on any atom is 0.339 e. The summed E-state index contributed by atoms with van der Waals surface area (Å²) in [4.78, 5) is 11.0. The van der Waals surface area contributed by atoms with Crippen molar-refractivity contribution < 1.29 is 9.90 Å². The fourth-order valence-corrected chi connectivity index (χ4v) is 2.02. The van der Waals surface area contributed by atoms with E-state index < -0.39 is 5.97 Å². The van der Waals surface area contributed by atoms with Crippen LogP contribution in [0.1, 0.15) is 43.0 Å². The van der Waals surface area contributed by atoms with Crippen molar-refractivity contribution in [3.05, 3.63) is 17.8 Å². The average molecular weight is 221 g/mol. The quantitative estimate of drug-likeness (QED) is 0.812. The van der Waals surface area contributed by atoms with Gasteiger partial charge in [0.2, 0.25) is 0 Å². The Kier molecular flexibility index (Phi) is 2.77. The van der Waals surface area contributed by atoms with Crippen LogP contribution < -0.4 is 5.32 Å². The minimum Gasteiger partial charge on any atom is -0.478 e. The summed E-state index contributed by atoms with van der Waals surface area (Å²) in [5, 5.41) is 19.9. The van der Waals surface area contributed by atoms with Gasteiger partial charge in [-0.15, -0.1) is 5.10 Å². The number of carboxylic acids is 1. The monoisotopic (exact) mass is 221 g/mol. The molecule has 5 nitrogen and oxygen atoms in total. The minimum atomic E-state index is -0.969. The molecule has 0 spiro atoms. The van der Waals surface area contributed by atoms with Gasteiger partial charge in [-0.3, -0.25) is 0 Å². The minimum absolute atomic E-state index is 0.0280. The number of aromatic nitrogens is 2. The predicted molar refractivity (Wildman–Crippen MR) is 59.5 cm³/mol. The Morgan fingerprint density at radius 1 is 1.62 bits per heavy atom. The predicted octanol–water partition coefficient (Wildman–Crippen LogP) is 1.92. The molecule has 0 amide bonds. The third-order valence-corrected chi connectivity index (χ3v) is 3.32. The number of anilines is 1.